The molecule has 1 aromatic carbocycles. The van der Waals surface area contributed by atoms with Crippen LogP contribution in [-0.2, 0) is 27.8 Å². The van der Waals surface area contributed by atoms with Crippen molar-refractivity contribution in [2.75, 3.05) is 19.0 Å². The maximum absolute atomic E-state index is 12.6. The lowest BCUT2D eigenvalue weighted by molar-refractivity contribution is -0.116. The number of amides is 1. The Morgan fingerprint density at radius 1 is 1.28 bits per heavy atom. The number of thiophene rings is 1. The molecular formula is C25H32BrNO4S. The highest BCUT2D eigenvalue weighted by Gasteiger charge is 2.28. The molecule has 0 spiro atoms. The second kappa shape index (κ2) is 10.4. The smallest absolute Gasteiger partial charge is 0.341 e. The number of rotatable bonds is 7. The Morgan fingerprint density at radius 2 is 2.03 bits per heavy atom. The van der Waals surface area contributed by atoms with Gasteiger partial charge in [-0.15, -0.1) is 11.3 Å². The molecular weight excluding hydrogens is 490 g/mol. The Bertz CT molecular complexity index is 993. The van der Waals surface area contributed by atoms with Crippen molar-refractivity contribution in [3.05, 3.63) is 44.2 Å². The fourth-order valence-electron chi connectivity index (χ4n) is 3.85. The average molecular weight is 523 g/mol. The van der Waals surface area contributed by atoms with Gasteiger partial charge < -0.3 is 14.8 Å². The highest BCUT2D eigenvalue weighted by molar-refractivity contribution is 9.10. The Morgan fingerprint density at radius 3 is 2.69 bits per heavy atom. The van der Waals surface area contributed by atoms with Crippen LogP contribution in [-0.4, -0.2) is 25.6 Å². The van der Waals surface area contributed by atoms with E-state index in [4.69, 9.17) is 9.47 Å². The lowest BCUT2D eigenvalue weighted by Gasteiger charge is -2.20. The van der Waals surface area contributed by atoms with Gasteiger partial charge in [-0.25, -0.2) is 4.79 Å². The molecule has 174 valence electrons. The van der Waals surface area contributed by atoms with Gasteiger partial charge in [0.05, 0.1) is 23.8 Å². The molecule has 1 aromatic heterocycles. The van der Waals surface area contributed by atoms with Crippen LogP contribution in [0.3, 0.4) is 0 Å². The molecule has 1 unspecified atom stereocenters. The van der Waals surface area contributed by atoms with Crippen LogP contribution < -0.4 is 10.1 Å². The van der Waals surface area contributed by atoms with Gasteiger partial charge in [-0.3, -0.25) is 4.79 Å². The first-order chi connectivity index (χ1) is 15.1. The van der Waals surface area contributed by atoms with Crippen molar-refractivity contribution in [3.8, 4) is 5.75 Å². The molecule has 5 nitrogen and oxygen atoms in total. The number of benzene rings is 1. The van der Waals surface area contributed by atoms with Gasteiger partial charge in [0.15, 0.2) is 0 Å². The third kappa shape index (κ3) is 5.93. The van der Waals surface area contributed by atoms with E-state index in [2.05, 4.69) is 61.1 Å². The van der Waals surface area contributed by atoms with Crippen LogP contribution in [0.4, 0.5) is 5.00 Å². The van der Waals surface area contributed by atoms with E-state index in [-0.39, 0.29) is 17.3 Å². The van der Waals surface area contributed by atoms with Gasteiger partial charge in [0.1, 0.15) is 10.8 Å². The van der Waals surface area contributed by atoms with Crippen molar-refractivity contribution < 1.29 is 19.1 Å². The minimum atomic E-state index is -0.376. The zero-order valence-electron chi connectivity index (χ0n) is 19.5. The highest BCUT2D eigenvalue weighted by atomic mass is 79.9. The SMILES string of the molecule is COC(=O)c1c(NC(=O)CCCOc2ccc(C(C)(C)C)cc2Br)sc2c1CCC(C)C2. The van der Waals surface area contributed by atoms with Crippen LogP contribution >= 0.6 is 27.3 Å². The summed E-state index contributed by atoms with van der Waals surface area (Å²) in [5, 5.41) is 3.56. The van der Waals surface area contributed by atoms with Crippen molar-refractivity contribution in [2.45, 2.75) is 65.2 Å². The molecule has 0 bridgehead atoms. The third-order valence-corrected chi connectivity index (χ3v) is 7.55. The quantitative estimate of drug-likeness (QED) is 0.332. The van der Waals surface area contributed by atoms with E-state index in [0.29, 0.717) is 35.9 Å². The van der Waals surface area contributed by atoms with Crippen molar-refractivity contribution in [2.24, 2.45) is 5.92 Å². The predicted molar refractivity (Wildman–Crippen MR) is 133 cm³/mol. The van der Waals surface area contributed by atoms with E-state index in [1.165, 1.54) is 28.9 Å². The van der Waals surface area contributed by atoms with Crippen LogP contribution in [0.15, 0.2) is 22.7 Å². The fraction of sp³-hybridized carbons (Fsp3) is 0.520. The van der Waals surface area contributed by atoms with E-state index in [1.54, 1.807) is 0 Å². The largest absolute Gasteiger partial charge is 0.492 e. The van der Waals surface area contributed by atoms with Crippen molar-refractivity contribution in [1.29, 1.82) is 0 Å². The lowest BCUT2D eigenvalue weighted by Crippen LogP contribution is -2.16. The number of anilines is 1. The number of hydrogen-bond acceptors (Lipinski definition) is 5. The van der Waals surface area contributed by atoms with Gasteiger partial charge in [-0.05, 0) is 76.2 Å². The maximum atomic E-state index is 12.6. The standard InChI is InChI=1S/C25H32BrNO4S/c1-15-8-10-17-20(13-15)32-23(22(17)24(29)30-5)27-21(28)7-6-12-31-19-11-9-16(14-18(19)26)25(2,3)4/h9,11,14-15H,6-8,10,12-13H2,1-5H3,(H,27,28). The zero-order chi connectivity index (χ0) is 23.5. The second-order valence-corrected chi connectivity index (χ2v) is 11.4. The molecule has 1 aliphatic rings. The highest BCUT2D eigenvalue weighted by Crippen LogP contribution is 2.40. The topological polar surface area (TPSA) is 64.6 Å². The summed E-state index contributed by atoms with van der Waals surface area (Å²) >= 11 is 5.09. The predicted octanol–water partition coefficient (Wildman–Crippen LogP) is 6.52. The first-order valence-corrected chi connectivity index (χ1v) is 12.7. The fourth-order valence-corrected chi connectivity index (χ4v) is 5.75. The molecule has 7 heteroatoms. The summed E-state index contributed by atoms with van der Waals surface area (Å²) < 4.78 is 11.8. The minimum Gasteiger partial charge on any atom is -0.492 e. The summed E-state index contributed by atoms with van der Waals surface area (Å²) in [6, 6.07) is 6.11. The van der Waals surface area contributed by atoms with Gasteiger partial charge in [0, 0.05) is 11.3 Å². The van der Waals surface area contributed by atoms with Crippen LogP contribution in [0.5, 0.6) is 5.75 Å². The molecule has 1 heterocycles. The normalized spacial score (nSPS) is 15.8. The summed E-state index contributed by atoms with van der Waals surface area (Å²) in [5.41, 5.74) is 2.88. The molecule has 0 saturated heterocycles. The first-order valence-electron chi connectivity index (χ1n) is 11.1. The number of carbonyl (C=O) groups excluding carboxylic acids is 2. The van der Waals surface area contributed by atoms with E-state index < -0.39 is 0 Å². The molecule has 0 fully saturated rings. The number of nitrogens with one attached hydrogen (secondary N) is 1. The molecule has 1 N–H and O–H groups in total. The summed E-state index contributed by atoms with van der Waals surface area (Å²) in [6.07, 6.45) is 3.73. The van der Waals surface area contributed by atoms with E-state index in [9.17, 15) is 9.59 Å². The summed E-state index contributed by atoms with van der Waals surface area (Å²) in [6.45, 7) is 9.16. The summed E-state index contributed by atoms with van der Waals surface area (Å²) in [5.74, 6) is 0.863. The third-order valence-electron chi connectivity index (χ3n) is 5.76. The summed E-state index contributed by atoms with van der Waals surface area (Å²) in [7, 11) is 1.38. The lowest BCUT2D eigenvalue weighted by atomic mass is 9.87. The number of ether oxygens (including phenoxy) is 2. The van der Waals surface area contributed by atoms with Crippen LogP contribution in [0.1, 0.15) is 73.3 Å². The monoisotopic (exact) mass is 521 g/mol. The molecule has 2 aromatic rings. The van der Waals surface area contributed by atoms with Gasteiger partial charge in [0.2, 0.25) is 5.91 Å². The van der Waals surface area contributed by atoms with E-state index >= 15 is 0 Å². The van der Waals surface area contributed by atoms with Crippen molar-refractivity contribution in [3.63, 3.8) is 0 Å². The Kier molecular flexibility index (Phi) is 8.04. The first kappa shape index (κ1) is 24.8. The van der Waals surface area contributed by atoms with Crippen molar-refractivity contribution >= 4 is 44.1 Å². The molecule has 0 radical (unpaired) electrons. The summed E-state index contributed by atoms with van der Waals surface area (Å²) in [4.78, 5) is 26.1. The molecule has 1 atom stereocenters. The average Bonchev–Trinajstić information content (AvgIpc) is 3.07. The number of fused-ring (bicyclic) bond motifs is 1. The van der Waals surface area contributed by atoms with Gasteiger partial charge >= 0.3 is 5.97 Å². The second-order valence-electron chi connectivity index (χ2n) is 9.44. The van der Waals surface area contributed by atoms with Crippen molar-refractivity contribution in [1.82, 2.24) is 0 Å². The Balaban J connectivity index is 1.56. The zero-order valence-corrected chi connectivity index (χ0v) is 21.9. The van der Waals surface area contributed by atoms with E-state index in [1.807, 2.05) is 6.07 Å². The van der Waals surface area contributed by atoms with Gasteiger partial charge in [-0.1, -0.05) is 33.8 Å². The number of halogens is 1. The number of esters is 1. The molecule has 1 amide bonds. The number of hydrogen-bond donors (Lipinski definition) is 1. The molecule has 0 saturated carbocycles. The minimum absolute atomic E-state index is 0.0707. The Hall–Kier alpha value is -1.86. The number of carbonyl (C=O) groups is 2. The molecule has 1 aliphatic carbocycles. The van der Waals surface area contributed by atoms with Crippen LogP contribution in [0, 0.1) is 5.92 Å². The van der Waals surface area contributed by atoms with Gasteiger partial charge in [0.25, 0.3) is 0 Å². The maximum Gasteiger partial charge on any atom is 0.341 e. The number of methoxy groups -OCH3 is 1. The molecule has 3 rings (SSSR count). The van der Waals surface area contributed by atoms with Crippen LogP contribution in [0.2, 0.25) is 0 Å². The molecule has 0 aliphatic heterocycles. The Labute approximate surface area is 203 Å². The van der Waals surface area contributed by atoms with E-state index in [0.717, 1.165) is 35.0 Å². The van der Waals surface area contributed by atoms with Crippen LogP contribution in [0.25, 0.3) is 0 Å². The van der Waals surface area contributed by atoms with Gasteiger partial charge in [-0.2, -0.15) is 0 Å². The molecule has 32 heavy (non-hydrogen) atoms.